The van der Waals surface area contributed by atoms with Crippen LogP contribution in [0.3, 0.4) is 0 Å². The van der Waals surface area contributed by atoms with Crippen LogP contribution in [0.5, 0.6) is 5.75 Å². The smallest absolute Gasteiger partial charge is 0.122 e. The molecule has 0 saturated carbocycles. The van der Waals surface area contributed by atoms with Gasteiger partial charge >= 0.3 is 0 Å². The van der Waals surface area contributed by atoms with E-state index in [1.54, 1.807) is 11.3 Å². The number of rotatable bonds is 5. The van der Waals surface area contributed by atoms with Crippen molar-refractivity contribution in [2.45, 2.75) is 27.0 Å². The summed E-state index contributed by atoms with van der Waals surface area (Å²) >= 11 is 1.80. The number of hydrogen-bond acceptors (Lipinski definition) is 3. The molecule has 0 saturated heterocycles. The lowest BCUT2D eigenvalue weighted by atomic mass is 10.1. The number of ether oxygens (including phenoxy) is 1. The summed E-state index contributed by atoms with van der Waals surface area (Å²) in [5.74, 6) is 0.976. The molecule has 2 nitrogen and oxygen atoms in total. The van der Waals surface area contributed by atoms with Crippen molar-refractivity contribution in [1.29, 1.82) is 0 Å². The van der Waals surface area contributed by atoms with Crippen LogP contribution in [0, 0.1) is 13.8 Å². The van der Waals surface area contributed by atoms with Gasteiger partial charge in [0, 0.05) is 16.3 Å². The molecule has 1 heterocycles. The predicted octanol–water partition coefficient (Wildman–Crippen LogP) is 3.66. The first-order chi connectivity index (χ1) is 8.69. The molecule has 0 amide bonds. The fraction of sp³-hybridized carbons (Fsp3) is 0.333. The molecule has 0 atom stereocenters. The molecule has 1 aromatic heterocycles. The third-order valence-electron chi connectivity index (χ3n) is 2.77. The van der Waals surface area contributed by atoms with Crippen LogP contribution in [0.2, 0.25) is 0 Å². The Kier molecular flexibility index (Phi) is 4.39. The Balaban J connectivity index is 1.97. The van der Waals surface area contributed by atoms with Crippen LogP contribution in [0.15, 0.2) is 30.3 Å². The molecule has 0 radical (unpaired) electrons. The quantitative estimate of drug-likeness (QED) is 0.887. The Morgan fingerprint density at radius 1 is 1.11 bits per heavy atom. The summed E-state index contributed by atoms with van der Waals surface area (Å²) in [6.07, 6.45) is 0. The van der Waals surface area contributed by atoms with Gasteiger partial charge in [-0.3, -0.25) is 0 Å². The van der Waals surface area contributed by atoms with Gasteiger partial charge < -0.3 is 10.1 Å². The first-order valence-electron chi connectivity index (χ1n) is 6.11. The Bertz CT molecular complexity index is 519. The van der Waals surface area contributed by atoms with Crippen LogP contribution in [-0.4, -0.2) is 7.05 Å². The minimum Gasteiger partial charge on any atom is -0.488 e. The van der Waals surface area contributed by atoms with Gasteiger partial charge in [-0.05, 0) is 44.7 Å². The van der Waals surface area contributed by atoms with Crippen LogP contribution in [0.1, 0.15) is 20.9 Å². The maximum absolute atomic E-state index is 5.86. The monoisotopic (exact) mass is 261 g/mol. The van der Waals surface area contributed by atoms with Crippen molar-refractivity contribution in [2.75, 3.05) is 7.05 Å². The van der Waals surface area contributed by atoms with Crippen molar-refractivity contribution in [3.05, 3.63) is 51.2 Å². The van der Waals surface area contributed by atoms with Gasteiger partial charge in [0.2, 0.25) is 0 Å². The molecule has 0 aliphatic carbocycles. The Labute approximate surface area is 113 Å². The predicted molar refractivity (Wildman–Crippen MR) is 77.3 cm³/mol. The van der Waals surface area contributed by atoms with Gasteiger partial charge in [-0.2, -0.15) is 0 Å². The van der Waals surface area contributed by atoms with Crippen molar-refractivity contribution < 1.29 is 4.74 Å². The van der Waals surface area contributed by atoms with Crippen molar-refractivity contribution in [3.63, 3.8) is 0 Å². The zero-order valence-corrected chi connectivity index (χ0v) is 11.9. The molecule has 0 unspecified atom stereocenters. The highest BCUT2D eigenvalue weighted by Crippen LogP contribution is 2.22. The summed E-state index contributed by atoms with van der Waals surface area (Å²) in [6.45, 7) is 5.76. The van der Waals surface area contributed by atoms with Crippen molar-refractivity contribution in [1.82, 2.24) is 5.32 Å². The molecule has 0 bridgehead atoms. The van der Waals surface area contributed by atoms with Crippen molar-refractivity contribution >= 4 is 11.3 Å². The van der Waals surface area contributed by atoms with Crippen molar-refractivity contribution in [2.24, 2.45) is 0 Å². The maximum Gasteiger partial charge on any atom is 0.122 e. The SMILES string of the molecule is CNCc1ccc(COc2ccc(C)cc2C)s1. The third kappa shape index (κ3) is 3.34. The van der Waals surface area contributed by atoms with Gasteiger partial charge in [0.1, 0.15) is 12.4 Å². The second-order valence-electron chi connectivity index (χ2n) is 4.46. The first kappa shape index (κ1) is 13.1. The van der Waals surface area contributed by atoms with E-state index in [1.165, 1.54) is 20.9 Å². The van der Waals surface area contributed by atoms with E-state index in [2.05, 4.69) is 43.4 Å². The largest absolute Gasteiger partial charge is 0.488 e. The number of hydrogen-bond donors (Lipinski definition) is 1. The molecule has 0 fully saturated rings. The van der Waals surface area contributed by atoms with Crippen molar-refractivity contribution in [3.8, 4) is 5.75 Å². The zero-order chi connectivity index (χ0) is 13.0. The van der Waals surface area contributed by atoms with E-state index in [0.717, 1.165) is 12.3 Å². The van der Waals surface area contributed by atoms with Crippen LogP contribution in [-0.2, 0) is 13.2 Å². The molecular formula is C15H19NOS. The van der Waals surface area contributed by atoms with Gasteiger partial charge in [-0.1, -0.05) is 17.7 Å². The number of benzene rings is 1. The van der Waals surface area contributed by atoms with E-state index in [-0.39, 0.29) is 0 Å². The number of aryl methyl sites for hydroxylation is 2. The Hall–Kier alpha value is -1.32. The van der Waals surface area contributed by atoms with Gasteiger partial charge in [-0.15, -0.1) is 11.3 Å². The average molecular weight is 261 g/mol. The van der Waals surface area contributed by atoms with Gasteiger partial charge in [0.05, 0.1) is 0 Å². The Morgan fingerprint density at radius 3 is 2.61 bits per heavy atom. The second-order valence-corrected chi connectivity index (χ2v) is 5.71. The second kappa shape index (κ2) is 6.03. The minimum atomic E-state index is 0.651. The van der Waals surface area contributed by atoms with Gasteiger partial charge in [-0.25, -0.2) is 0 Å². The van der Waals surface area contributed by atoms with Crippen LogP contribution < -0.4 is 10.1 Å². The molecule has 0 aliphatic heterocycles. The zero-order valence-electron chi connectivity index (χ0n) is 11.1. The fourth-order valence-electron chi connectivity index (χ4n) is 1.88. The molecule has 18 heavy (non-hydrogen) atoms. The molecule has 96 valence electrons. The molecule has 1 N–H and O–H groups in total. The fourth-order valence-corrected chi connectivity index (χ4v) is 2.82. The lowest BCUT2D eigenvalue weighted by molar-refractivity contribution is 0.307. The standard InChI is InChI=1S/C15H19NOS/c1-11-4-7-15(12(2)8-11)17-10-14-6-5-13(18-14)9-16-3/h4-8,16H,9-10H2,1-3H3. The molecule has 2 aromatic rings. The third-order valence-corrected chi connectivity index (χ3v) is 3.83. The van der Waals surface area contributed by atoms with E-state index in [1.807, 2.05) is 13.1 Å². The summed E-state index contributed by atoms with van der Waals surface area (Å²) in [7, 11) is 1.96. The van der Waals surface area contributed by atoms with E-state index in [4.69, 9.17) is 4.74 Å². The van der Waals surface area contributed by atoms with E-state index in [0.29, 0.717) is 6.61 Å². The van der Waals surface area contributed by atoms with Crippen LogP contribution >= 0.6 is 11.3 Å². The molecule has 3 heteroatoms. The number of thiophene rings is 1. The summed E-state index contributed by atoms with van der Waals surface area (Å²) < 4.78 is 5.86. The summed E-state index contributed by atoms with van der Waals surface area (Å²) in [5.41, 5.74) is 2.47. The van der Waals surface area contributed by atoms with Crippen LogP contribution in [0.4, 0.5) is 0 Å². The summed E-state index contributed by atoms with van der Waals surface area (Å²) in [5, 5.41) is 3.16. The van der Waals surface area contributed by atoms with Gasteiger partial charge in [0.25, 0.3) is 0 Å². The van der Waals surface area contributed by atoms with E-state index in [9.17, 15) is 0 Å². The molecule has 0 spiro atoms. The topological polar surface area (TPSA) is 21.3 Å². The van der Waals surface area contributed by atoms with Crippen LogP contribution in [0.25, 0.3) is 0 Å². The molecular weight excluding hydrogens is 242 g/mol. The average Bonchev–Trinajstić information content (AvgIpc) is 2.76. The molecule has 2 rings (SSSR count). The molecule has 0 aliphatic rings. The highest BCUT2D eigenvalue weighted by Gasteiger charge is 2.03. The van der Waals surface area contributed by atoms with Gasteiger partial charge in [0.15, 0.2) is 0 Å². The highest BCUT2D eigenvalue weighted by molar-refractivity contribution is 7.11. The number of nitrogens with one attached hydrogen (secondary N) is 1. The lowest BCUT2D eigenvalue weighted by Crippen LogP contribution is -2.02. The summed E-state index contributed by atoms with van der Waals surface area (Å²) in [4.78, 5) is 2.61. The normalized spacial score (nSPS) is 10.6. The minimum absolute atomic E-state index is 0.651. The maximum atomic E-state index is 5.86. The van der Waals surface area contributed by atoms with E-state index >= 15 is 0 Å². The summed E-state index contributed by atoms with van der Waals surface area (Å²) in [6, 6.07) is 10.6. The van der Waals surface area contributed by atoms with E-state index < -0.39 is 0 Å². The molecule has 1 aromatic carbocycles. The Morgan fingerprint density at radius 2 is 1.89 bits per heavy atom. The first-order valence-corrected chi connectivity index (χ1v) is 6.93. The lowest BCUT2D eigenvalue weighted by Gasteiger charge is -2.08. The highest BCUT2D eigenvalue weighted by atomic mass is 32.1.